The van der Waals surface area contributed by atoms with Gasteiger partial charge in [0, 0.05) is 25.7 Å². The van der Waals surface area contributed by atoms with Crippen molar-refractivity contribution in [2.75, 3.05) is 36.8 Å². The van der Waals surface area contributed by atoms with E-state index in [0.29, 0.717) is 0 Å². The number of likely N-dealkylation sites (tertiary alicyclic amines) is 1. The molecule has 0 aliphatic carbocycles. The lowest BCUT2D eigenvalue weighted by Gasteiger charge is -2.33. The molecule has 1 aliphatic rings. The number of pyridine rings is 1. The van der Waals surface area contributed by atoms with Crippen LogP contribution in [0.3, 0.4) is 0 Å². The van der Waals surface area contributed by atoms with Gasteiger partial charge in [-0.3, -0.25) is 0 Å². The van der Waals surface area contributed by atoms with Gasteiger partial charge < -0.3 is 15.5 Å². The minimum atomic E-state index is 0.762. The molecule has 1 saturated heterocycles. The zero-order chi connectivity index (χ0) is 14.9. The van der Waals surface area contributed by atoms with E-state index in [0.717, 1.165) is 37.2 Å². The number of nitrogens with one attached hydrogen (secondary N) is 2. The van der Waals surface area contributed by atoms with Crippen LogP contribution in [0.4, 0.5) is 11.6 Å². The number of aromatic nitrogens is 1. The molecule has 1 aromatic heterocycles. The van der Waals surface area contributed by atoms with Gasteiger partial charge >= 0.3 is 0 Å². The van der Waals surface area contributed by atoms with E-state index in [2.05, 4.69) is 40.4 Å². The molecule has 2 rings (SSSR count). The first-order valence-corrected chi connectivity index (χ1v) is 8.48. The molecule has 1 atom stereocenters. The molecule has 1 aromatic rings. The Morgan fingerprint density at radius 1 is 1.19 bits per heavy atom. The van der Waals surface area contributed by atoms with Crippen LogP contribution < -0.4 is 10.6 Å². The second-order valence-corrected chi connectivity index (χ2v) is 6.00. The zero-order valence-electron chi connectivity index (χ0n) is 13.6. The fraction of sp³-hybridized carbons (Fsp3) is 0.706. The van der Waals surface area contributed by atoms with E-state index in [4.69, 9.17) is 0 Å². The summed E-state index contributed by atoms with van der Waals surface area (Å²) >= 11 is 0. The number of anilines is 2. The molecule has 4 nitrogen and oxygen atoms in total. The summed E-state index contributed by atoms with van der Waals surface area (Å²) in [5, 5.41) is 6.76. The maximum Gasteiger partial charge on any atom is 0.128 e. The monoisotopic (exact) mass is 290 g/mol. The Labute approximate surface area is 129 Å². The molecule has 4 heteroatoms. The van der Waals surface area contributed by atoms with Crippen LogP contribution in [0, 0.1) is 0 Å². The molecule has 0 amide bonds. The van der Waals surface area contributed by atoms with Crippen molar-refractivity contribution in [2.45, 2.75) is 52.0 Å². The summed E-state index contributed by atoms with van der Waals surface area (Å²) in [7, 11) is 0. The predicted octanol–water partition coefficient (Wildman–Crippen LogP) is 3.58. The number of nitrogens with zero attached hydrogens (tertiary/aromatic N) is 2. The summed E-state index contributed by atoms with van der Waals surface area (Å²) in [6.45, 7) is 8.96. The molecule has 1 fully saturated rings. The van der Waals surface area contributed by atoms with Crippen LogP contribution in [-0.4, -0.2) is 42.1 Å². The number of hydrogen-bond acceptors (Lipinski definition) is 4. The largest absolute Gasteiger partial charge is 0.370 e. The maximum absolute atomic E-state index is 4.57. The van der Waals surface area contributed by atoms with E-state index >= 15 is 0 Å². The highest BCUT2D eigenvalue weighted by atomic mass is 15.2. The molecule has 1 unspecified atom stereocenters. The van der Waals surface area contributed by atoms with Crippen LogP contribution in [-0.2, 0) is 0 Å². The first-order chi connectivity index (χ1) is 10.3. The Bertz CT molecular complexity index is 408. The minimum Gasteiger partial charge on any atom is -0.370 e. The summed E-state index contributed by atoms with van der Waals surface area (Å²) in [6, 6.07) is 6.88. The van der Waals surface area contributed by atoms with Crippen molar-refractivity contribution < 1.29 is 0 Å². The molecule has 0 radical (unpaired) electrons. The van der Waals surface area contributed by atoms with Gasteiger partial charge in [0.05, 0.1) is 0 Å². The number of piperidine rings is 1. The fourth-order valence-electron chi connectivity index (χ4n) is 2.87. The average molecular weight is 290 g/mol. The highest BCUT2D eigenvalue weighted by Crippen LogP contribution is 2.16. The van der Waals surface area contributed by atoms with Crippen LogP contribution in [0.15, 0.2) is 18.2 Å². The van der Waals surface area contributed by atoms with Crippen molar-refractivity contribution in [1.82, 2.24) is 9.88 Å². The van der Waals surface area contributed by atoms with Gasteiger partial charge in [-0.1, -0.05) is 19.4 Å². The predicted molar refractivity (Wildman–Crippen MR) is 91.0 cm³/mol. The van der Waals surface area contributed by atoms with Crippen molar-refractivity contribution in [1.29, 1.82) is 0 Å². The lowest BCUT2D eigenvalue weighted by Crippen LogP contribution is -2.38. The Balaban J connectivity index is 1.68. The Morgan fingerprint density at radius 3 is 2.67 bits per heavy atom. The molecule has 0 bridgehead atoms. The molecule has 21 heavy (non-hydrogen) atoms. The lowest BCUT2D eigenvalue weighted by molar-refractivity contribution is 0.160. The summed E-state index contributed by atoms with van der Waals surface area (Å²) < 4.78 is 0. The smallest absolute Gasteiger partial charge is 0.128 e. The molecule has 0 saturated carbocycles. The third-order valence-electron chi connectivity index (χ3n) is 4.17. The number of hydrogen-bond donors (Lipinski definition) is 2. The van der Waals surface area contributed by atoms with Gasteiger partial charge in [-0.15, -0.1) is 0 Å². The standard InChI is InChI=1S/C17H30N4/c1-3-11-18-16-9-6-10-17(20-16)19-12-7-14-21-13-5-4-8-15(21)2/h6,9-10,15H,3-5,7-8,11-14H2,1-2H3,(H2,18,19,20). The van der Waals surface area contributed by atoms with Crippen molar-refractivity contribution in [2.24, 2.45) is 0 Å². The molecule has 118 valence electrons. The Hall–Kier alpha value is -1.29. The SMILES string of the molecule is CCCNc1cccc(NCCCN2CCCCC2C)n1. The van der Waals surface area contributed by atoms with E-state index in [9.17, 15) is 0 Å². The van der Waals surface area contributed by atoms with Crippen molar-refractivity contribution in [3.8, 4) is 0 Å². The van der Waals surface area contributed by atoms with Crippen LogP contribution in [0.5, 0.6) is 0 Å². The molecule has 2 heterocycles. The van der Waals surface area contributed by atoms with E-state index in [-0.39, 0.29) is 0 Å². The summed E-state index contributed by atoms with van der Waals surface area (Å²) in [5.41, 5.74) is 0. The van der Waals surface area contributed by atoms with Gasteiger partial charge in [0.2, 0.25) is 0 Å². The average Bonchev–Trinajstić information content (AvgIpc) is 2.51. The summed E-state index contributed by atoms with van der Waals surface area (Å²) in [4.78, 5) is 7.20. The van der Waals surface area contributed by atoms with Gasteiger partial charge in [0.15, 0.2) is 0 Å². The quantitative estimate of drug-likeness (QED) is 0.718. The molecule has 2 N–H and O–H groups in total. The zero-order valence-corrected chi connectivity index (χ0v) is 13.6. The minimum absolute atomic E-state index is 0.762. The lowest BCUT2D eigenvalue weighted by atomic mass is 10.0. The molecular weight excluding hydrogens is 260 g/mol. The van der Waals surface area contributed by atoms with Crippen molar-refractivity contribution >= 4 is 11.6 Å². The van der Waals surface area contributed by atoms with Gasteiger partial charge in [-0.25, -0.2) is 4.98 Å². The highest BCUT2D eigenvalue weighted by Gasteiger charge is 2.16. The fourth-order valence-corrected chi connectivity index (χ4v) is 2.87. The number of rotatable bonds is 8. The van der Waals surface area contributed by atoms with Crippen LogP contribution >= 0.6 is 0 Å². The van der Waals surface area contributed by atoms with E-state index in [1.165, 1.54) is 38.8 Å². The molecular formula is C17H30N4. The van der Waals surface area contributed by atoms with Gasteiger partial charge in [0.1, 0.15) is 11.6 Å². The second-order valence-electron chi connectivity index (χ2n) is 6.00. The van der Waals surface area contributed by atoms with Crippen LogP contribution in [0.2, 0.25) is 0 Å². The van der Waals surface area contributed by atoms with E-state index in [1.54, 1.807) is 0 Å². The molecule has 0 spiro atoms. The van der Waals surface area contributed by atoms with E-state index in [1.807, 2.05) is 12.1 Å². The van der Waals surface area contributed by atoms with Crippen LogP contribution in [0.25, 0.3) is 0 Å². The normalized spacial score (nSPS) is 19.4. The molecule has 0 aromatic carbocycles. The van der Waals surface area contributed by atoms with Crippen LogP contribution in [0.1, 0.15) is 46.0 Å². The van der Waals surface area contributed by atoms with Gasteiger partial charge in [-0.2, -0.15) is 0 Å². The van der Waals surface area contributed by atoms with Crippen molar-refractivity contribution in [3.63, 3.8) is 0 Å². The Kier molecular flexibility index (Phi) is 6.80. The first-order valence-electron chi connectivity index (χ1n) is 8.48. The highest BCUT2D eigenvalue weighted by molar-refractivity contribution is 5.44. The van der Waals surface area contributed by atoms with E-state index < -0.39 is 0 Å². The topological polar surface area (TPSA) is 40.2 Å². The van der Waals surface area contributed by atoms with Gasteiger partial charge in [-0.05, 0) is 51.3 Å². The van der Waals surface area contributed by atoms with Gasteiger partial charge in [0.25, 0.3) is 0 Å². The third-order valence-corrected chi connectivity index (χ3v) is 4.17. The van der Waals surface area contributed by atoms with Crippen molar-refractivity contribution in [3.05, 3.63) is 18.2 Å². The first kappa shape index (κ1) is 16.1. The molecule has 1 aliphatic heterocycles. The third kappa shape index (κ3) is 5.54. The second kappa shape index (κ2) is 8.88. The Morgan fingerprint density at radius 2 is 1.95 bits per heavy atom. The maximum atomic E-state index is 4.57. The summed E-state index contributed by atoms with van der Waals surface area (Å²) in [6.07, 6.45) is 6.42. The summed E-state index contributed by atoms with van der Waals surface area (Å²) in [5.74, 6) is 1.94.